The Bertz CT molecular complexity index is 431. The van der Waals surface area contributed by atoms with Crippen LogP contribution in [-0.2, 0) is 0 Å². The normalized spacial score (nSPS) is 20.3. The Morgan fingerprint density at radius 3 is 2.65 bits per heavy atom. The minimum Gasteiger partial charge on any atom is -0.313 e. The van der Waals surface area contributed by atoms with E-state index in [2.05, 4.69) is 33.9 Å². The van der Waals surface area contributed by atoms with Crippen LogP contribution in [0.15, 0.2) is 5.16 Å². The predicted octanol–water partition coefficient (Wildman–Crippen LogP) is 3.36. The van der Waals surface area contributed by atoms with Gasteiger partial charge in [0.1, 0.15) is 5.82 Å². The van der Waals surface area contributed by atoms with Crippen molar-refractivity contribution in [3.63, 3.8) is 0 Å². The predicted molar refractivity (Wildman–Crippen MR) is 83.4 cm³/mol. The van der Waals surface area contributed by atoms with Gasteiger partial charge in [0.15, 0.2) is 5.16 Å². The van der Waals surface area contributed by atoms with Gasteiger partial charge in [-0.05, 0) is 38.6 Å². The van der Waals surface area contributed by atoms with E-state index >= 15 is 0 Å². The number of hydrogen-bond donors (Lipinski definition) is 1. The molecule has 0 spiro atoms. The lowest BCUT2D eigenvalue weighted by Crippen LogP contribution is -2.31. The summed E-state index contributed by atoms with van der Waals surface area (Å²) in [5.41, 5.74) is 0. The SMILES string of the molecule is CCCC(CSc1nnc(C2CC2)n1C1CC1)NCC. The summed E-state index contributed by atoms with van der Waals surface area (Å²) in [6.07, 6.45) is 7.74. The van der Waals surface area contributed by atoms with Crippen LogP contribution in [-0.4, -0.2) is 33.1 Å². The standard InChI is InChI=1S/C15H26N4S/c1-3-5-12(16-4-2)10-20-15-18-17-14(11-6-7-11)19(15)13-8-9-13/h11-13,16H,3-10H2,1-2H3. The lowest BCUT2D eigenvalue weighted by atomic mass is 10.2. The summed E-state index contributed by atoms with van der Waals surface area (Å²) in [5, 5.41) is 13.7. The minimum atomic E-state index is 0.601. The number of thioether (sulfide) groups is 1. The van der Waals surface area contributed by atoms with Crippen molar-refractivity contribution < 1.29 is 0 Å². The molecule has 20 heavy (non-hydrogen) atoms. The first-order valence-corrected chi connectivity index (χ1v) is 9.13. The number of nitrogens with one attached hydrogen (secondary N) is 1. The molecule has 1 heterocycles. The third kappa shape index (κ3) is 3.37. The Balaban J connectivity index is 1.64. The van der Waals surface area contributed by atoms with Crippen LogP contribution in [0.25, 0.3) is 0 Å². The van der Waals surface area contributed by atoms with E-state index in [1.54, 1.807) is 0 Å². The first-order valence-electron chi connectivity index (χ1n) is 8.14. The summed E-state index contributed by atoms with van der Waals surface area (Å²) < 4.78 is 2.46. The molecule has 1 unspecified atom stereocenters. The van der Waals surface area contributed by atoms with E-state index in [1.807, 2.05) is 11.8 Å². The monoisotopic (exact) mass is 294 g/mol. The topological polar surface area (TPSA) is 42.7 Å². The molecule has 2 aliphatic carbocycles. The van der Waals surface area contributed by atoms with Crippen LogP contribution in [0.1, 0.15) is 70.2 Å². The fourth-order valence-corrected chi connectivity index (χ4v) is 3.85. The maximum atomic E-state index is 4.48. The quantitative estimate of drug-likeness (QED) is 0.709. The smallest absolute Gasteiger partial charge is 0.191 e. The van der Waals surface area contributed by atoms with Crippen LogP contribution in [0.3, 0.4) is 0 Å². The molecule has 0 bridgehead atoms. The van der Waals surface area contributed by atoms with Crippen LogP contribution in [0.4, 0.5) is 0 Å². The second-order valence-electron chi connectivity index (χ2n) is 6.07. The van der Waals surface area contributed by atoms with Crippen molar-refractivity contribution in [3.05, 3.63) is 5.82 Å². The number of hydrogen-bond acceptors (Lipinski definition) is 4. The van der Waals surface area contributed by atoms with Crippen molar-refractivity contribution in [3.8, 4) is 0 Å². The molecular weight excluding hydrogens is 268 g/mol. The second kappa shape index (κ2) is 6.48. The van der Waals surface area contributed by atoms with Gasteiger partial charge in [0, 0.05) is 23.8 Å². The Kier molecular flexibility index (Phi) is 4.66. The molecule has 3 rings (SSSR count). The molecule has 2 saturated carbocycles. The Morgan fingerprint density at radius 1 is 1.25 bits per heavy atom. The molecule has 1 aromatic rings. The molecule has 0 saturated heterocycles. The van der Waals surface area contributed by atoms with Crippen molar-refractivity contribution in [2.75, 3.05) is 12.3 Å². The van der Waals surface area contributed by atoms with E-state index in [-0.39, 0.29) is 0 Å². The highest BCUT2D eigenvalue weighted by Gasteiger charge is 2.36. The van der Waals surface area contributed by atoms with Gasteiger partial charge in [0.25, 0.3) is 0 Å². The van der Waals surface area contributed by atoms with Gasteiger partial charge in [-0.3, -0.25) is 0 Å². The largest absolute Gasteiger partial charge is 0.313 e. The third-order valence-corrected chi connectivity index (χ3v) is 5.19. The first-order chi connectivity index (χ1) is 9.83. The van der Waals surface area contributed by atoms with Gasteiger partial charge < -0.3 is 9.88 Å². The van der Waals surface area contributed by atoms with E-state index in [1.165, 1.54) is 44.3 Å². The molecule has 1 aromatic heterocycles. The van der Waals surface area contributed by atoms with E-state index in [0.29, 0.717) is 18.0 Å². The highest BCUT2D eigenvalue weighted by molar-refractivity contribution is 7.99. The summed E-state index contributed by atoms with van der Waals surface area (Å²) in [4.78, 5) is 0. The van der Waals surface area contributed by atoms with Crippen molar-refractivity contribution in [2.24, 2.45) is 0 Å². The van der Waals surface area contributed by atoms with E-state index < -0.39 is 0 Å². The molecule has 0 aliphatic heterocycles. The van der Waals surface area contributed by atoms with Gasteiger partial charge >= 0.3 is 0 Å². The zero-order valence-electron chi connectivity index (χ0n) is 12.6. The second-order valence-corrected chi connectivity index (χ2v) is 7.06. The van der Waals surface area contributed by atoms with Gasteiger partial charge in [-0.15, -0.1) is 10.2 Å². The third-order valence-electron chi connectivity index (χ3n) is 4.09. The fourth-order valence-electron chi connectivity index (χ4n) is 2.74. The summed E-state index contributed by atoms with van der Waals surface area (Å²) in [6.45, 7) is 5.49. The molecule has 1 N–H and O–H groups in total. The molecule has 2 aliphatic rings. The molecule has 4 nitrogen and oxygen atoms in total. The van der Waals surface area contributed by atoms with Gasteiger partial charge in [0.05, 0.1) is 0 Å². The average Bonchev–Trinajstić information content (AvgIpc) is 3.35. The summed E-state index contributed by atoms with van der Waals surface area (Å²) >= 11 is 1.90. The lowest BCUT2D eigenvalue weighted by Gasteiger charge is -2.16. The highest BCUT2D eigenvalue weighted by Crippen LogP contribution is 2.46. The number of rotatable bonds is 9. The van der Waals surface area contributed by atoms with Crippen LogP contribution in [0, 0.1) is 0 Å². The summed E-state index contributed by atoms with van der Waals surface area (Å²) in [7, 11) is 0. The van der Waals surface area contributed by atoms with Crippen molar-refractivity contribution in [1.82, 2.24) is 20.1 Å². The lowest BCUT2D eigenvalue weighted by molar-refractivity contribution is 0.530. The minimum absolute atomic E-state index is 0.601. The van der Waals surface area contributed by atoms with E-state index in [0.717, 1.165) is 17.5 Å². The average molecular weight is 294 g/mol. The van der Waals surface area contributed by atoms with Crippen molar-refractivity contribution in [2.45, 2.75) is 75.5 Å². The van der Waals surface area contributed by atoms with Crippen LogP contribution in [0.2, 0.25) is 0 Å². The van der Waals surface area contributed by atoms with Crippen molar-refractivity contribution >= 4 is 11.8 Å². The van der Waals surface area contributed by atoms with Gasteiger partial charge in [-0.1, -0.05) is 32.0 Å². The zero-order valence-corrected chi connectivity index (χ0v) is 13.5. The zero-order chi connectivity index (χ0) is 13.9. The van der Waals surface area contributed by atoms with Gasteiger partial charge in [-0.2, -0.15) is 0 Å². The van der Waals surface area contributed by atoms with Crippen LogP contribution >= 0.6 is 11.8 Å². The Hall–Kier alpha value is -0.550. The number of aromatic nitrogens is 3. The first kappa shape index (κ1) is 14.4. The maximum Gasteiger partial charge on any atom is 0.191 e. The molecule has 0 amide bonds. The fraction of sp³-hybridized carbons (Fsp3) is 0.867. The Labute approximate surface area is 126 Å². The Morgan fingerprint density at radius 2 is 2.05 bits per heavy atom. The summed E-state index contributed by atoms with van der Waals surface area (Å²) in [6, 6.07) is 1.30. The molecule has 2 fully saturated rings. The molecule has 0 aromatic carbocycles. The molecule has 112 valence electrons. The van der Waals surface area contributed by atoms with Crippen LogP contribution in [0.5, 0.6) is 0 Å². The number of nitrogens with zero attached hydrogens (tertiary/aromatic N) is 3. The van der Waals surface area contributed by atoms with E-state index in [9.17, 15) is 0 Å². The molecule has 5 heteroatoms. The highest BCUT2D eigenvalue weighted by atomic mass is 32.2. The molecular formula is C15H26N4S. The van der Waals surface area contributed by atoms with E-state index in [4.69, 9.17) is 0 Å². The maximum absolute atomic E-state index is 4.48. The molecule has 0 radical (unpaired) electrons. The molecule has 1 atom stereocenters. The van der Waals surface area contributed by atoms with Gasteiger partial charge in [0.2, 0.25) is 0 Å². The van der Waals surface area contributed by atoms with Gasteiger partial charge in [-0.25, -0.2) is 0 Å². The van der Waals surface area contributed by atoms with Crippen LogP contribution < -0.4 is 5.32 Å². The van der Waals surface area contributed by atoms with Crippen molar-refractivity contribution in [1.29, 1.82) is 0 Å². The summed E-state index contributed by atoms with van der Waals surface area (Å²) in [5.74, 6) is 3.08.